The molecule has 0 radical (unpaired) electrons. The predicted octanol–water partition coefficient (Wildman–Crippen LogP) is 4.50. The summed E-state index contributed by atoms with van der Waals surface area (Å²) in [6.45, 7) is 0.877. The number of likely N-dealkylation sites (tertiary alicyclic amines) is 1. The Labute approximate surface area is 147 Å². The first-order valence-electron chi connectivity index (χ1n) is 9.28. The molecule has 1 fully saturated rings. The number of H-pyrrole nitrogens is 1. The number of carbonyl (C=O) groups excluding carboxylic acids is 1. The molecular weight excluding hydrogens is 308 g/mol. The lowest BCUT2D eigenvalue weighted by atomic mass is 9.74. The highest BCUT2D eigenvalue weighted by Gasteiger charge is 2.38. The molecule has 1 amide bonds. The van der Waals surface area contributed by atoms with Crippen LogP contribution in [0.15, 0.2) is 54.7 Å². The van der Waals surface area contributed by atoms with Gasteiger partial charge in [0.1, 0.15) is 0 Å². The second-order valence-electron chi connectivity index (χ2n) is 7.30. The third-order valence-electron chi connectivity index (χ3n) is 6.02. The molecule has 2 aliphatic rings. The average Bonchev–Trinajstić information content (AvgIpc) is 3.11. The van der Waals surface area contributed by atoms with Gasteiger partial charge in [0.25, 0.3) is 5.91 Å². The zero-order chi connectivity index (χ0) is 16.8. The topological polar surface area (TPSA) is 36.1 Å². The molecule has 3 aromatic rings. The summed E-state index contributed by atoms with van der Waals surface area (Å²) in [5.74, 6) is 0.680. The van der Waals surface area contributed by atoms with Crippen LogP contribution in [-0.4, -0.2) is 28.4 Å². The molecular formula is C22H22N2O. The molecule has 2 aromatic carbocycles. The van der Waals surface area contributed by atoms with E-state index in [4.69, 9.17) is 0 Å². The van der Waals surface area contributed by atoms with Crippen LogP contribution < -0.4 is 0 Å². The Morgan fingerprint density at radius 2 is 1.88 bits per heavy atom. The number of hydrogen-bond donors (Lipinski definition) is 1. The summed E-state index contributed by atoms with van der Waals surface area (Å²) < 4.78 is 0. The number of rotatable bonds is 1. The molecule has 1 N–H and O–H groups in total. The monoisotopic (exact) mass is 330 g/mol. The van der Waals surface area contributed by atoms with Gasteiger partial charge in [0.15, 0.2) is 0 Å². The molecule has 1 aliphatic heterocycles. The lowest BCUT2D eigenvalue weighted by molar-refractivity contribution is 0.0549. The molecule has 126 valence electrons. The van der Waals surface area contributed by atoms with Gasteiger partial charge in [0, 0.05) is 35.6 Å². The quantitative estimate of drug-likeness (QED) is 0.700. The number of carbonyl (C=O) groups is 1. The minimum atomic E-state index is 0.187. The van der Waals surface area contributed by atoms with Gasteiger partial charge in [-0.2, -0.15) is 0 Å². The van der Waals surface area contributed by atoms with Crippen molar-refractivity contribution in [2.75, 3.05) is 6.54 Å². The van der Waals surface area contributed by atoms with E-state index in [0.717, 1.165) is 42.3 Å². The van der Waals surface area contributed by atoms with Gasteiger partial charge in [-0.1, -0.05) is 42.5 Å². The van der Waals surface area contributed by atoms with E-state index in [2.05, 4.69) is 34.1 Å². The van der Waals surface area contributed by atoms with Crippen LogP contribution in [0.25, 0.3) is 10.9 Å². The van der Waals surface area contributed by atoms with Crippen molar-refractivity contribution in [3.8, 4) is 0 Å². The van der Waals surface area contributed by atoms with Gasteiger partial charge in [0.2, 0.25) is 0 Å². The molecule has 0 spiro atoms. The Bertz CT molecular complexity index is 942. The first-order chi connectivity index (χ1) is 12.3. The maximum atomic E-state index is 13.3. The summed E-state index contributed by atoms with van der Waals surface area (Å²) in [5, 5.41) is 1.03. The summed E-state index contributed by atoms with van der Waals surface area (Å²) in [7, 11) is 0. The van der Waals surface area contributed by atoms with Crippen LogP contribution in [0, 0.1) is 0 Å². The zero-order valence-electron chi connectivity index (χ0n) is 14.2. The maximum absolute atomic E-state index is 13.3. The van der Waals surface area contributed by atoms with Crippen LogP contribution in [-0.2, 0) is 6.42 Å². The first kappa shape index (κ1) is 14.8. The highest BCUT2D eigenvalue weighted by Crippen LogP contribution is 2.41. The number of nitrogens with one attached hydrogen (secondary N) is 1. The molecule has 2 unspecified atom stereocenters. The lowest BCUT2D eigenvalue weighted by Gasteiger charge is -2.45. The molecule has 1 aliphatic carbocycles. The number of aromatic nitrogens is 1. The Morgan fingerprint density at radius 1 is 1.04 bits per heavy atom. The van der Waals surface area contributed by atoms with Gasteiger partial charge in [-0.25, -0.2) is 0 Å². The van der Waals surface area contributed by atoms with Crippen molar-refractivity contribution < 1.29 is 4.79 Å². The highest BCUT2D eigenvalue weighted by molar-refractivity contribution is 6.06. The predicted molar refractivity (Wildman–Crippen MR) is 99.9 cm³/mol. The number of aromatic amines is 1. The van der Waals surface area contributed by atoms with E-state index in [0.29, 0.717) is 12.0 Å². The Kier molecular flexibility index (Phi) is 3.40. The van der Waals surface area contributed by atoms with Gasteiger partial charge < -0.3 is 9.88 Å². The van der Waals surface area contributed by atoms with Gasteiger partial charge in [0.05, 0.1) is 5.56 Å². The van der Waals surface area contributed by atoms with Crippen LogP contribution in [0.3, 0.4) is 0 Å². The lowest BCUT2D eigenvalue weighted by Crippen LogP contribution is -2.49. The van der Waals surface area contributed by atoms with E-state index in [9.17, 15) is 4.79 Å². The van der Waals surface area contributed by atoms with Gasteiger partial charge >= 0.3 is 0 Å². The Morgan fingerprint density at radius 3 is 2.84 bits per heavy atom. The molecule has 3 nitrogen and oxygen atoms in total. The molecule has 2 atom stereocenters. The number of benzene rings is 2. The smallest absolute Gasteiger partial charge is 0.256 e. The normalized spacial score (nSPS) is 22.5. The zero-order valence-corrected chi connectivity index (χ0v) is 14.2. The largest absolute Gasteiger partial charge is 0.360 e. The summed E-state index contributed by atoms with van der Waals surface area (Å²) in [4.78, 5) is 18.7. The fourth-order valence-corrected chi connectivity index (χ4v) is 4.86. The first-order valence-corrected chi connectivity index (χ1v) is 9.28. The number of piperidine rings is 1. The SMILES string of the molecule is O=C(c1c[nH]c2ccccc12)N1CCCC2c3ccccc3CCC21. The molecule has 0 saturated carbocycles. The van der Waals surface area contributed by atoms with Crippen molar-refractivity contribution in [2.45, 2.75) is 37.6 Å². The second-order valence-corrected chi connectivity index (χ2v) is 7.30. The minimum absolute atomic E-state index is 0.187. The molecule has 1 saturated heterocycles. The van der Waals surface area contributed by atoms with E-state index < -0.39 is 0 Å². The van der Waals surface area contributed by atoms with Crippen molar-refractivity contribution in [1.82, 2.24) is 9.88 Å². The fraction of sp³-hybridized carbons (Fsp3) is 0.318. The summed E-state index contributed by atoms with van der Waals surface area (Å²) >= 11 is 0. The van der Waals surface area contributed by atoms with Gasteiger partial charge in [-0.05, 0) is 42.9 Å². The van der Waals surface area contributed by atoms with E-state index in [-0.39, 0.29) is 5.91 Å². The number of hydrogen-bond acceptors (Lipinski definition) is 1. The Balaban J connectivity index is 1.51. The molecule has 1 aromatic heterocycles. The molecule has 3 heteroatoms. The van der Waals surface area contributed by atoms with Gasteiger partial charge in [-0.3, -0.25) is 4.79 Å². The van der Waals surface area contributed by atoms with Crippen molar-refractivity contribution in [3.05, 3.63) is 71.4 Å². The standard InChI is InChI=1S/C22H22N2O/c25-22(19-14-23-20-10-4-3-8-17(19)20)24-13-5-9-18-16-7-2-1-6-15(16)11-12-21(18)24/h1-4,6-8,10,14,18,21,23H,5,9,11-13H2. The minimum Gasteiger partial charge on any atom is -0.360 e. The van der Waals surface area contributed by atoms with Crippen molar-refractivity contribution in [2.24, 2.45) is 0 Å². The number of fused-ring (bicyclic) bond motifs is 4. The highest BCUT2D eigenvalue weighted by atomic mass is 16.2. The fourth-order valence-electron chi connectivity index (χ4n) is 4.86. The van der Waals surface area contributed by atoms with E-state index in [1.165, 1.54) is 17.5 Å². The van der Waals surface area contributed by atoms with Crippen molar-refractivity contribution >= 4 is 16.8 Å². The summed E-state index contributed by atoms with van der Waals surface area (Å²) in [6.07, 6.45) is 6.32. The number of para-hydroxylation sites is 1. The second kappa shape index (κ2) is 5.76. The van der Waals surface area contributed by atoms with E-state index in [1.54, 1.807) is 0 Å². The Hall–Kier alpha value is -2.55. The third kappa shape index (κ3) is 2.30. The maximum Gasteiger partial charge on any atom is 0.256 e. The van der Waals surface area contributed by atoms with Crippen LogP contribution in [0.1, 0.15) is 46.7 Å². The van der Waals surface area contributed by atoms with Crippen LogP contribution in [0.2, 0.25) is 0 Å². The van der Waals surface area contributed by atoms with Crippen LogP contribution in [0.4, 0.5) is 0 Å². The molecule has 25 heavy (non-hydrogen) atoms. The van der Waals surface area contributed by atoms with Crippen molar-refractivity contribution in [3.63, 3.8) is 0 Å². The summed E-state index contributed by atoms with van der Waals surface area (Å²) in [6, 6.07) is 17.2. The number of nitrogens with zero attached hydrogens (tertiary/aromatic N) is 1. The molecule has 0 bridgehead atoms. The van der Waals surface area contributed by atoms with Gasteiger partial charge in [-0.15, -0.1) is 0 Å². The van der Waals surface area contributed by atoms with E-state index >= 15 is 0 Å². The number of aryl methyl sites for hydroxylation is 1. The average molecular weight is 330 g/mol. The number of amides is 1. The van der Waals surface area contributed by atoms with Crippen molar-refractivity contribution in [1.29, 1.82) is 0 Å². The molecule has 5 rings (SSSR count). The van der Waals surface area contributed by atoms with Crippen LogP contribution in [0.5, 0.6) is 0 Å². The van der Waals surface area contributed by atoms with Crippen LogP contribution >= 0.6 is 0 Å². The summed E-state index contributed by atoms with van der Waals surface area (Å²) in [5.41, 5.74) is 4.80. The van der Waals surface area contributed by atoms with E-state index in [1.807, 2.05) is 30.5 Å². The molecule has 2 heterocycles. The third-order valence-corrected chi connectivity index (χ3v) is 6.02.